The summed E-state index contributed by atoms with van der Waals surface area (Å²) in [6.45, 7) is 0.679. The van der Waals surface area contributed by atoms with Gasteiger partial charge in [0.15, 0.2) is 0 Å². The Morgan fingerprint density at radius 1 is 1.28 bits per heavy atom. The summed E-state index contributed by atoms with van der Waals surface area (Å²) in [6.07, 6.45) is 7.66. The molecule has 2 aliphatic heterocycles. The maximum absolute atomic E-state index is 12.2. The van der Waals surface area contributed by atoms with Crippen molar-refractivity contribution < 1.29 is 9.59 Å². The quantitative estimate of drug-likeness (QED) is 0.777. The molecule has 3 rings (SSSR count). The van der Waals surface area contributed by atoms with E-state index < -0.39 is 0 Å². The third-order valence-electron chi connectivity index (χ3n) is 5.34. The number of carbonyl (C=O) groups is 2. The van der Waals surface area contributed by atoms with Crippen LogP contribution in [0.1, 0.15) is 37.8 Å². The van der Waals surface area contributed by atoms with Crippen LogP contribution in [0.25, 0.3) is 0 Å². The molecule has 1 aromatic heterocycles. The zero-order valence-corrected chi connectivity index (χ0v) is 14.9. The van der Waals surface area contributed by atoms with Gasteiger partial charge in [-0.25, -0.2) is 0 Å². The van der Waals surface area contributed by atoms with Gasteiger partial charge in [-0.15, -0.1) is 0 Å². The van der Waals surface area contributed by atoms with E-state index in [1.165, 1.54) is 12.8 Å². The van der Waals surface area contributed by atoms with Crippen LogP contribution in [0.15, 0.2) is 24.4 Å². The number of hydrogen-bond acceptors (Lipinski definition) is 4. The number of nitrogens with zero attached hydrogens (tertiary/aromatic N) is 2. The minimum atomic E-state index is -0.0605. The number of fused-ring (bicyclic) bond motifs is 2. The molecule has 6 nitrogen and oxygen atoms in total. The minimum absolute atomic E-state index is 0.00206. The summed E-state index contributed by atoms with van der Waals surface area (Å²) >= 11 is 0. The molecule has 0 radical (unpaired) electrons. The molecule has 2 fully saturated rings. The Morgan fingerprint density at radius 3 is 2.72 bits per heavy atom. The highest BCUT2D eigenvalue weighted by molar-refractivity contribution is 5.84. The predicted octanol–water partition coefficient (Wildman–Crippen LogP) is 1.12. The Kier molecular flexibility index (Phi) is 6.02. The van der Waals surface area contributed by atoms with Crippen LogP contribution in [0.5, 0.6) is 0 Å². The van der Waals surface area contributed by atoms with Gasteiger partial charge in [-0.1, -0.05) is 6.07 Å². The van der Waals surface area contributed by atoms with Crippen LogP contribution in [0.2, 0.25) is 0 Å². The van der Waals surface area contributed by atoms with Crippen molar-refractivity contribution in [2.45, 2.75) is 50.6 Å². The van der Waals surface area contributed by atoms with Gasteiger partial charge in [0.1, 0.15) is 0 Å². The predicted molar refractivity (Wildman–Crippen MR) is 95.9 cm³/mol. The Bertz CT molecular complexity index is 580. The molecule has 6 heteroatoms. The molecule has 0 spiro atoms. The Balaban J connectivity index is 1.34. The molecule has 136 valence electrons. The second-order valence-corrected chi connectivity index (χ2v) is 7.34. The zero-order valence-electron chi connectivity index (χ0n) is 14.9. The average molecular weight is 344 g/mol. The first kappa shape index (κ1) is 17.9. The number of nitrogens with one attached hydrogen (secondary N) is 2. The van der Waals surface area contributed by atoms with Crippen LogP contribution in [0.4, 0.5) is 0 Å². The Labute approximate surface area is 149 Å². The molecule has 0 aliphatic carbocycles. The van der Waals surface area contributed by atoms with Gasteiger partial charge in [-0.3, -0.25) is 14.6 Å². The lowest BCUT2D eigenvalue weighted by Crippen LogP contribution is -2.42. The van der Waals surface area contributed by atoms with Crippen molar-refractivity contribution in [3.05, 3.63) is 30.1 Å². The summed E-state index contributed by atoms with van der Waals surface area (Å²) < 4.78 is 0. The van der Waals surface area contributed by atoms with Crippen LogP contribution in [-0.4, -0.2) is 53.9 Å². The number of carbonyl (C=O) groups excluding carboxylic acids is 2. The van der Waals surface area contributed by atoms with E-state index in [0.717, 1.165) is 25.0 Å². The first-order valence-corrected chi connectivity index (χ1v) is 9.27. The van der Waals surface area contributed by atoms with Crippen molar-refractivity contribution in [3.8, 4) is 0 Å². The van der Waals surface area contributed by atoms with E-state index in [1.54, 1.807) is 18.1 Å². The molecule has 2 amide bonds. The molecule has 2 N–H and O–H groups in total. The van der Waals surface area contributed by atoms with Crippen molar-refractivity contribution in [1.29, 1.82) is 0 Å². The third kappa shape index (κ3) is 5.26. The summed E-state index contributed by atoms with van der Waals surface area (Å²) in [5.74, 6) is 0.392. The fraction of sp³-hybridized carbons (Fsp3) is 0.632. The highest BCUT2D eigenvalue weighted by atomic mass is 16.2. The average Bonchev–Trinajstić information content (AvgIpc) is 2.96. The first-order valence-electron chi connectivity index (χ1n) is 9.27. The molecule has 25 heavy (non-hydrogen) atoms. The normalized spacial score (nSPS) is 24.8. The fourth-order valence-corrected chi connectivity index (χ4v) is 3.94. The zero-order chi connectivity index (χ0) is 17.6. The molecule has 2 unspecified atom stereocenters. The van der Waals surface area contributed by atoms with Gasteiger partial charge in [0.2, 0.25) is 11.8 Å². The molecule has 0 saturated carbocycles. The SMILES string of the molecule is CN(CCc1ccccn1)C(=O)CNC(=O)CC1CC2CCC(C1)N2. The van der Waals surface area contributed by atoms with E-state index in [-0.39, 0.29) is 18.4 Å². The second-order valence-electron chi connectivity index (χ2n) is 7.34. The summed E-state index contributed by atoms with van der Waals surface area (Å²) in [4.78, 5) is 30.2. The standard InChI is InChI=1S/C19H28N4O2/c1-23(9-7-15-4-2-3-8-20-15)19(25)13-21-18(24)12-14-10-16-5-6-17(11-14)22-16/h2-4,8,14,16-17,22H,5-7,9-13H2,1H3,(H,21,24). The molecule has 3 heterocycles. The number of piperidine rings is 1. The van der Waals surface area contributed by atoms with Gasteiger partial charge < -0.3 is 15.5 Å². The maximum Gasteiger partial charge on any atom is 0.241 e. The highest BCUT2D eigenvalue weighted by Crippen LogP contribution is 2.32. The minimum Gasteiger partial charge on any atom is -0.347 e. The van der Waals surface area contributed by atoms with Crippen LogP contribution >= 0.6 is 0 Å². The molecular weight excluding hydrogens is 316 g/mol. The molecule has 1 aromatic rings. The van der Waals surface area contributed by atoms with Crippen LogP contribution < -0.4 is 10.6 Å². The highest BCUT2D eigenvalue weighted by Gasteiger charge is 2.34. The first-order chi connectivity index (χ1) is 12.1. The maximum atomic E-state index is 12.2. The van der Waals surface area contributed by atoms with Crippen LogP contribution in [0, 0.1) is 5.92 Å². The largest absolute Gasteiger partial charge is 0.347 e. The van der Waals surface area contributed by atoms with E-state index in [1.807, 2.05) is 18.2 Å². The van der Waals surface area contributed by atoms with Gasteiger partial charge >= 0.3 is 0 Å². The third-order valence-corrected chi connectivity index (χ3v) is 5.34. The lowest BCUT2D eigenvalue weighted by Gasteiger charge is -2.28. The molecule has 2 aliphatic rings. The van der Waals surface area contributed by atoms with E-state index in [4.69, 9.17) is 0 Å². The van der Waals surface area contributed by atoms with Crippen molar-refractivity contribution in [2.24, 2.45) is 5.92 Å². The lowest BCUT2D eigenvalue weighted by molar-refractivity contribution is -0.132. The van der Waals surface area contributed by atoms with Crippen LogP contribution in [-0.2, 0) is 16.0 Å². The van der Waals surface area contributed by atoms with E-state index >= 15 is 0 Å². The number of pyridine rings is 1. The molecule has 2 bridgehead atoms. The summed E-state index contributed by atoms with van der Waals surface area (Å²) in [7, 11) is 1.77. The summed E-state index contributed by atoms with van der Waals surface area (Å²) in [6, 6.07) is 6.96. The van der Waals surface area contributed by atoms with Crippen molar-refractivity contribution in [3.63, 3.8) is 0 Å². The molecule has 0 aromatic carbocycles. The second kappa shape index (κ2) is 8.43. The molecule has 2 saturated heterocycles. The van der Waals surface area contributed by atoms with Gasteiger partial charge in [0.05, 0.1) is 6.54 Å². The smallest absolute Gasteiger partial charge is 0.241 e. The lowest BCUT2D eigenvalue weighted by atomic mass is 9.89. The van der Waals surface area contributed by atoms with Crippen molar-refractivity contribution in [2.75, 3.05) is 20.1 Å². The molecular formula is C19H28N4O2. The van der Waals surface area contributed by atoms with Gasteiger partial charge in [0.25, 0.3) is 0 Å². The van der Waals surface area contributed by atoms with Gasteiger partial charge in [-0.05, 0) is 43.7 Å². The van der Waals surface area contributed by atoms with E-state index in [0.29, 0.717) is 31.0 Å². The number of aromatic nitrogens is 1. The molecule has 2 atom stereocenters. The number of rotatable bonds is 7. The van der Waals surface area contributed by atoms with Crippen LogP contribution in [0.3, 0.4) is 0 Å². The number of amides is 2. The Hall–Kier alpha value is -1.95. The topological polar surface area (TPSA) is 74.3 Å². The Morgan fingerprint density at radius 2 is 2.04 bits per heavy atom. The van der Waals surface area contributed by atoms with Gasteiger partial charge in [-0.2, -0.15) is 0 Å². The van der Waals surface area contributed by atoms with Crippen molar-refractivity contribution in [1.82, 2.24) is 20.5 Å². The van der Waals surface area contributed by atoms with E-state index in [9.17, 15) is 9.59 Å². The summed E-state index contributed by atoms with van der Waals surface area (Å²) in [5.41, 5.74) is 0.965. The number of likely N-dealkylation sites (N-methyl/N-ethyl adjacent to an activating group) is 1. The van der Waals surface area contributed by atoms with Gasteiger partial charge in [0, 0.05) is 50.4 Å². The van der Waals surface area contributed by atoms with Crippen molar-refractivity contribution >= 4 is 11.8 Å². The number of hydrogen-bond donors (Lipinski definition) is 2. The monoisotopic (exact) mass is 344 g/mol. The fourth-order valence-electron chi connectivity index (χ4n) is 3.94. The van der Waals surface area contributed by atoms with E-state index in [2.05, 4.69) is 15.6 Å². The summed E-state index contributed by atoms with van der Waals surface area (Å²) in [5, 5.41) is 6.38.